The van der Waals surface area contributed by atoms with Crippen molar-refractivity contribution in [3.63, 3.8) is 0 Å². The molecular weight excluding hydrogens is 368 g/mol. The molecule has 1 atom stereocenters. The summed E-state index contributed by atoms with van der Waals surface area (Å²) >= 11 is 1.43. The van der Waals surface area contributed by atoms with Crippen molar-refractivity contribution in [2.24, 2.45) is 0 Å². The molecule has 0 bridgehead atoms. The van der Waals surface area contributed by atoms with Crippen molar-refractivity contribution < 1.29 is 23.9 Å². The van der Waals surface area contributed by atoms with Crippen LogP contribution in [0.1, 0.15) is 29.8 Å². The van der Waals surface area contributed by atoms with Crippen LogP contribution in [0.15, 0.2) is 41.8 Å². The molecule has 8 heteroatoms. The monoisotopic (exact) mass is 390 g/mol. The molecule has 0 saturated carbocycles. The van der Waals surface area contributed by atoms with Crippen molar-refractivity contribution in [3.8, 4) is 5.75 Å². The predicted molar refractivity (Wildman–Crippen MR) is 101 cm³/mol. The van der Waals surface area contributed by atoms with Crippen LogP contribution in [0.25, 0.3) is 0 Å². The minimum atomic E-state index is -0.561. The highest BCUT2D eigenvalue weighted by Gasteiger charge is 2.19. The van der Waals surface area contributed by atoms with Crippen LogP contribution in [0.5, 0.6) is 5.75 Å². The Hall–Kier alpha value is -2.87. The molecule has 27 heavy (non-hydrogen) atoms. The molecule has 0 radical (unpaired) electrons. The van der Waals surface area contributed by atoms with E-state index in [9.17, 15) is 14.4 Å². The summed E-state index contributed by atoms with van der Waals surface area (Å²) in [6, 6.07) is 10.5. The Morgan fingerprint density at radius 1 is 1.15 bits per heavy atom. The molecule has 2 rings (SSSR count). The third-order valence-electron chi connectivity index (χ3n) is 3.67. The van der Waals surface area contributed by atoms with E-state index in [0.29, 0.717) is 5.75 Å². The average Bonchev–Trinajstić information content (AvgIpc) is 3.18. The number of carbonyl (C=O) groups excluding carboxylic acids is 3. The second kappa shape index (κ2) is 10.3. The van der Waals surface area contributed by atoms with Crippen LogP contribution in [0.3, 0.4) is 0 Å². The summed E-state index contributed by atoms with van der Waals surface area (Å²) in [5.41, 5.74) is 0.822. The summed E-state index contributed by atoms with van der Waals surface area (Å²) in [4.78, 5) is 36.1. The number of benzene rings is 1. The number of para-hydroxylation sites is 1. The Bertz CT molecular complexity index is 776. The van der Waals surface area contributed by atoms with Crippen molar-refractivity contribution in [2.45, 2.75) is 25.9 Å². The second-order valence-corrected chi connectivity index (χ2v) is 6.70. The molecule has 144 valence electrons. The Kier molecular flexibility index (Phi) is 7.81. The number of amides is 2. The Labute approximate surface area is 161 Å². The van der Waals surface area contributed by atoms with E-state index in [4.69, 9.17) is 9.47 Å². The van der Waals surface area contributed by atoms with Gasteiger partial charge in [-0.3, -0.25) is 14.4 Å². The summed E-state index contributed by atoms with van der Waals surface area (Å²) in [6.07, 6.45) is -0.0418. The van der Waals surface area contributed by atoms with Gasteiger partial charge in [-0.1, -0.05) is 24.3 Å². The lowest BCUT2D eigenvalue weighted by Gasteiger charge is -2.15. The Morgan fingerprint density at radius 3 is 2.59 bits per heavy atom. The first kappa shape index (κ1) is 20.4. The molecule has 1 unspecified atom stereocenters. The maximum Gasteiger partial charge on any atom is 0.308 e. The Balaban J connectivity index is 1.80. The van der Waals surface area contributed by atoms with Crippen LogP contribution in [0, 0.1) is 0 Å². The number of rotatable bonds is 9. The first-order valence-electron chi connectivity index (χ1n) is 8.34. The fourth-order valence-electron chi connectivity index (χ4n) is 2.42. The van der Waals surface area contributed by atoms with Crippen LogP contribution in [0.4, 0.5) is 0 Å². The number of hydrogen-bond acceptors (Lipinski definition) is 6. The van der Waals surface area contributed by atoms with Crippen molar-refractivity contribution >= 4 is 29.1 Å². The largest absolute Gasteiger partial charge is 0.496 e. The summed E-state index contributed by atoms with van der Waals surface area (Å²) in [5.74, 6) is -0.546. The van der Waals surface area contributed by atoms with Gasteiger partial charge in [-0.2, -0.15) is 0 Å². The molecular formula is C19H22N2O5S. The number of nitrogens with one attached hydrogen (secondary N) is 2. The predicted octanol–water partition coefficient (Wildman–Crippen LogP) is 2.18. The van der Waals surface area contributed by atoms with E-state index in [2.05, 4.69) is 10.6 Å². The quantitative estimate of drug-likeness (QED) is 0.640. The number of ether oxygens (including phenoxy) is 2. The third kappa shape index (κ3) is 6.74. The van der Waals surface area contributed by atoms with Crippen LogP contribution >= 0.6 is 11.3 Å². The van der Waals surface area contributed by atoms with Gasteiger partial charge in [0.05, 0.1) is 19.6 Å². The van der Waals surface area contributed by atoms with Gasteiger partial charge >= 0.3 is 5.97 Å². The van der Waals surface area contributed by atoms with Gasteiger partial charge in [0.2, 0.25) is 5.91 Å². The first-order chi connectivity index (χ1) is 13.0. The minimum Gasteiger partial charge on any atom is -0.496 e. The molecule has 2 N–H and O–H groups in total. The highest BCUT2D eigenvalue weighted by molar-refractivity contribution is 7.10. The summed E-state index contributed by atoms with van der Waals surface area (Å²) in [5, 5.41) is 7.26. The first-order valence-corrected chi connectivity index (χ1v) is 9.22. The SMILES string of the molecule is COc1ccccc1CNC(=O)COC(=O)CC(NC(C)=O)c1cccs1. The zero-order chi connectivity index (χ0) is 19.6. The van der Waals surface area contributed by atoms with Crippen molar-refractivity contribution in [2.75, 3.05) is 13.7 Å². The van der Waals surface area contributed by atoms with Crippen LogP contribution in [-0.2, 0) is 25.7 Å². The molecule has 7 nitrogen and oxygen atoms in total. The van der Waals surface area contributed by atoms with E-state index in [0.717, 1.165) is 10.4 Å². The third-order valence-corrected chi connectivity index (χ3v) is 4.65. The minimum absolute atomic E-state index is 0.0418. The van der Waals surface area contributed by atoms with Gasteiger partial charge in [-0.05, 0) is 17.5 Å². The molecule has 1 aromatic heterocycles. The van der Waals surface area contributed by atoms with E-state index in [1.165, 1.54) is 18.3 Å². The standard InChI is InChI=1S/C19H22N2O5S/c1-13(22)21-15(17-8-5-9-27-17)10-19(24)26-12-18(23)20-11-14-6-3-4-7-16(14)25-2/h3-9,15H,10-12H2,1-2H3,(H,20,23)(H,21,22). The van der Waals surface area contributed by atoms with Gasteiger partial charge in [-0.15, -0.1) is 11.3 Å². The topological polar surface area (TPSA) is 93.7 Å². The van der Waals surface area contributed by atoms with Gasteiger partial charge in [0.15, 0.2) is 6.61 Å². The lowest BCUT2D eigenvalue weighted by atomic mass is 10.1. The van der Waals surface area contributed by atoms with Gasteiger partial charge in [0.25, 0.3) is 5.91 Å². The van der Waals surface area contributed by atoms with E-state index in [-0.39, 0.29) is 25.5 Å². The second-order valence-electron chi connectivity index (χ2n) is 5.72. The fraction of sp³-hybridized carbons (Fsp3) is 0.316. The number of carbonyl (C=O) groups is 3. The van der Waals surface area contributed by atoms with Gasteiger partial charge < -0.3 is 20.1 Å². The normalized spacial score (nSPS) is 11.3. The van der Waals surface area contributed by atoms with E-state index in [1.54, 1.807) is 13.2 Å². The van der Waals surface area contributed by atoms with Crippen LogP contribution in [0.2, 0.25) is 0 Å². The summed E-state index contributed by atoms with van der Waals surface area (Å²) in [6.45, 7) is 1.27. The Morgan fingerprint density at radius 2 is 1.93 bits per heavy atom. The zero-order valence-corrected chi connectivity index (χ0v) is 16.0. The molecule has 0 saturated heterocycles. The molecule has 0 aliphatic carbocycles. The van der Waals surface area contributed by atoms with Gasteiger partial charge in [-0.25, -0.2) is 0 Å². The molecule has 1 aromatic carbocycles. The lowest BCUT2D eigenvalue weighted by Crippen LogP contribution is -2.31. The van der Waals surface area contributed by atoms with E-state index < -0.39 is 17.9 Å². The molecule has 0 aliphatic rings. The maximum absolute atomic E-state index is 12.0. The van der Waals surface area contributed by atoms with Crippen molar-refractivity contribution in [1.82, 2.24) is 10.6 Å². The summed E-state index contributed by atoms with van der Waals surface area (Å²) < 4.78 is 10.2. The van der Waals surface area contributed by atoms with E-state index in [1.807, 2.05) is 35.7 Å². The fourth-order valence-corrected chi connectivity index (χ4v) is 3.20. The summed E-state index contributed by atoms with van der Waals surface area (Å²) in [7, 11) is 1.56. The zero-order valence-electron chi connectivity index (χ0n) is 15.2. The van der Waals surface area contributed by atoms with Crippen LogP contribution < -0.4 is 15.4 Å². The molecule has 1 heterocycles. The van der Waals surface area contributed by atoms with Gasteiger partial charge in [0, 0.05) is 23.9 Å². The van der Waals surface area contributed by atoms with Crippen molar-refractivity contribution in [3.05, 3.63) is 52.2 Å². The molecule has 2 aromatic rings. The molecule has 0 spiro atoms. The number of methoxy groups -OCH3 is 1. The highest BCUT2D eigenvalue weighted by Crippen LogP contribution is 2.22. The lowest BCUT2D eigenvalue weighted by molar-refractivity contribution is -0.149. The van der Waals surface area contributed by atoms with Crippen molar-refractivity contribution in [1.29, 1.82) is 0 Å². The number of thiophene rings is 1. The van der Waals surface area contributed by atoms with E-state index >= 15 is 0 Å². The van der Waals surface area contributed by atoms with Crippen LogP contribution in [-0.4, -0.2) is 31.5 Å². The number of hydrogen-bond donors (Lipinski definition) is 2. The molecule has 2 amide bonds. The maximum atomic E-state index is 12.0. The number of esters is 1. The average molecular weight is 390 g/mol. The highest BCUT2D eigenvalue weighted by atomic mass is 32.1. The molecule has 0 fully saturated rings. The smallest absolute Gasteiger partial charge is 0.308 e. The molecule has 0 aliphatic heterocycles. The van der Waals surface area contributed by atoms with Gasteiger partial charge in [0.1, 0.15) is 5.75 Å².